The van der Waals surface area contributed by atoms with E-state index < -0.39 is 11.6 Å². The lowest BCUT2D eigenvalue weighted by atomic mass is 10.0. The Kier molecular flexibility index (Phi) is 5.60. The Morgan fingerprint density at radius 2 is 1.83 bits per heavy atom. The molecule has 0 fully saturated rings. The lowest BCUT2D eigenvalue weighted by Crippen LogP contribution is -2.10. The Labute approximate surface area is 208 Å². The summed E-state index contributed by atoms with van der Waals surface area (Å²) in [6.07, 6.45) is 2.91. The van der Waals surface area contributed by atoms with Gasteiger partial charge in [0.15, 0.2) is 17.5 Å². The first-order valence-corrected chi connectivity index (χ1v) is 11.1. The molecule has 3 aromatic heterocycles. The second-order valence-electron chi connectivity index (χ2n) is 8.13. The van der Waals surface area contributed by atoms with Crippen molar-refractivity contribution in [1.29, 1.82) is 5.41 Å². The molecule has 5 rings (SSSR count). The van der Waals surface area contributed by atoms with Crippen LogP contribution in [0.1, 0.15) is 18.3 Å². The van der Waals surface area contributed by atoms with Crippen molar-refractivity contribution in [2.24, 2.45) is 10.7 Å². The monoisotopic (exact) mass is 504 g/mol. The van der Waals surface area contributed by atoms with E-state index in [0.717, 1.165) is 0 Å². The van der Waals surface area contributed by atoms with Gasteiger partial charge < -0.3 is 11.5 Å². The van der Waals surface area contributed by atoms with E-state index >= 15 is 4.39 Å². The highest BCUT2D eigenvalue weighted by Crippen LogP contribution is 2.35. The summed E-state index contributed by atoms with van der Waals surface area (Å²) in [6, 6.07) is 9.11. The number of nitrogens with one attached hydrogen (secondary N) is 1. The van der Waals surface area contributed by atoms with Crippen molar-refractivity contribution < 1.29 is 8.78 Å². The van der Waals surface area contributed by atoms with Gasteiger partial charge in [0.2, 0.25) is 0 Å². The number of hydrogen-bond acceptors (Lipinski definition) is 5. The number of rotatable bonds is 3. The van der Waals surface area contributed by atoms with Crippen LogP contribution in [0.5, 0.6) is 0 Å². The summed E-state index contributed by atoms with van der Waals surface area (Å²) in [5.74, 6) is -0.983. The van der Waals surface area contributed by atoms with Crippen LogP contribution in [0.25, 0.3) is 38.8 Å². The zero-order chi connectivity index (χ0) is 25.7. The van der Waals surface area contributed by atoms with Gasteiger partial charge in [0.1, 0.15) is 17.2 Å². The van der Waals surface area contributed by atoms with Gasteiger partial charge in [0, 0.05) is 23.5 Å². The summed E-state index contributed by atoms with van der Waals surface area (Å²) >= 11 is 6.30. The molecule has 8 nitrogen and oxygen atoms in total. The Balaban J connectivity index is 1.92. The number of hydrogen-bond donors (Lipinski definition) is 3. The van der Waals surface area contributed by atoms with Crippen LogP contribution in [-0.2, 0) is 0 Å². The summed E-state index contributed by atoms with van der Waals surface area (Å²) in [6.45, 7) is 3.29. The van der Waals surface area contributed by atoms with Gasteiger partial charge in [-0.05, 0) is 55.8 Å². The number of amidine groups is 2. The van der Waals surface area contributed by atoms with Crippen molar-refractivity contribution in [3.63, 3.8) is 0 Å². The summed E-state index contributed by atoms with van der Waals surface area (Å²) in [4.78, 5) is 16.8. The second kappa shape index (κ2) is 8.65. The van der Waals surface area contributed by atoms with Gasteiger partial charge in [-0.2, -0.15) is 0 Å². The number of aliphatic imine (C=N–C) groups is 1. The molecule has 2 aromatic carbocycles. The van der Waals surface area contributed by atoms with Crippen LogP contribution < -0.4 is 11.5 Å². The minimum atomic E-state index is -0.706. The Hall–Kier alpha value is -4.44. The van der Waals surface area contributed by atoms with Gasteiger partial charge >= 0.3 is 0 Å². The fourth-order valence-corrected chi connectivity index (χ4v) is 4.42. The minimum absolute atomic E-state index is 0.164. The fraction of sp³-hybridized carbons (Fsp3) is 0.0800. The van der Waals surface area contributed by atoms with Crippen LogP contribution in [0.3, 0.4) is 0 Å². The van der Waals surface area contributed by atoms with Crippen molar-refractivity contribution in [1.82, 2.24) is 19.5 Å². The highest BCUT2D eigenvalue weighted by atomic mass is 35.5. The number of fused-ring (bicyclic) bond motifs is 2. The third-order valence-corrected chi connectivity index (χ3v) is 6.01. The normalized spacial score (nSPS) is 12.0. The van der Waals surface area contributed by atoms with Crippen LogP contribution in [0.4, 0.5) is 14.6 Å². The highest BCUT2D eigenvalue weighted by Gasteiger charge is 2.21. The maximum atomic E-state index is 15.1. The molecule has 0 unspecified atom stereocenters. The van der Waals surface area contributed by atoms with Gasteiger partial charge in [0.05, 0.1) is 33.0 Å². The van der Waals surface area contributed by atoms with E-state index in [-0.39, 0.29) is 34.0 Å². The van der Waals surface area contributed by atoms with Crippen molar-refractivity contribution >= 4 is 51.0 Å². The van der Waals surface area contributed by atoms with E-state index in [9.17, 15) is 4.39 Å². The van der Waals surface area contributed by atoms with Crippen molar-refractivity contribution in [2.45, 2.75) is 13.8 Å². The first-order valence-electron chi connectivity index (χ1n) is 10.7. The molecule has 0 aliphatic heterocycles. The average Bonchev–Trinajstić information content (AvgIpc) is 3.17. The third-order valence-electron chi connectivity index (χ3n) is 5.71. The molecule has 0 atom stereocenters. The summed E-state index contributed by atoms with van der Waals surface area (Å²) < 4.78 is 31.8. The topological polar surface area (TPSA) is 132 Å². The number of halogens is 3. The number of anilines is 1. The standard InChI is InChI=1S/C25H19ClF2N8/c1-11(29)34-24(30)15-9-13(14-5-7-33-25(31)21(14)28)10-19-22(15)35-12(2)36(19)18-6-8-32-23-16(26)3-4-17(27)20(18)23/h3-10H,1-2H3,(H2,31,33)(H3,29,30,34). The molecule has 0 bridgehead atoms. The summed E-state index contributed by atoms with van der Waals surface area (Å²) in [5.41, 5.74) is 13.9. The number of nitrogens with zero attached hydrogens (tertiary/aromatic N) is 5. The molecule has 36 heavy (non-hydrogen) atoms. The fourth-order valence-electron chi connectivity index (χ4n) is 4.22. The Morgan fingerprint density at radius 3 is 2.58 bits per heavy atom. The van der Waals surface area contributed by atoms with Gasteiger partial charge in [-0.15, -0.1) is 0 Å². The Bertz CT molecular complexity index is 1740. The predicted octanol–water partition coefficient (Wildman–Crippen LogP) is 5.16. The van der Waals surface area contributed by atoms with Gasteiger partial charge in [0.25, 0.3) is 0 Å². The average molecular weight is 505 g/mol. The molecule has 0 aliphatic carbocycles. The smallest absolute Gasteiger partial charge is 0.173 e. The Morgan fingerprint density at radius 1 is 1.08 bits per heavy atom. The summed E-state index contributed by atoms with van der Waals surface area (Å²) in [7, 11) is 0. The van der Waals surface area contributed by atoms with Crippen LogP contribution in [0, 0.1) is 24.0 Å². The molecular formula is C25H19ClF2N8. The lowest BCUT2D eigenvalue weighted by Gasteiger charge is -2.13. The van der Waals surface area contributed by atoms with E-state index in [4.69, 9.17) is 28.5 Å². The van der Waals surface area contributed by atoms with Crippen molar-refractivity contribution in [3.8, 4) is 16.8 Å². The quantitative estimate of drug-likeness (QED) is 0.230. The predicted molar refractivity (Wildman–Crippen MR) is 138 cm³/mol. The van der Waals surface area contributed by atoms with E-state index in [1.807, 2.05) is 0 Å². The zero-order valence-corrected chi connectivity index (χ0v) is 19.9. The van der Waals surface area contributed by atoms with Crippen LogP contribution in [0.2, 0.25) is 5.02 Å². The molecule has 5 N–H and O–H groups in total. The van der Waals surface area contributed by atoms with Crippen molar-refractivity contribution in [3.05, 3.63) is 76.8 Å². The van der Waals surface area contributed by atoms with Crippen LogP contribution in [0.15, 0.2) is 53.8 Å². The number of imidazole rings is 1. The molecule has 0 saturated carbocycles. The summed E-state index contributed by atoms with van der Waals surface area (Å²) in [5, 5.41) is 9.03. The molecule has 5 aromatic rings. The molecule has 0 saturated heterocycles. The molecule has 0 spiro atoms. The molecule has 3 heterocycles. The maximum Gasteiger partial charge on any atom is 0.173 e. The van der Waals surface area contributed by atoms with Gasteiger partial charge in [-0.3, -0.25) is 15.0 Å². The first kappa shape index (κ1) is 23.3. The molecule has 0 aliphatic rings. The number of aryl methyl sites for hydroxylation is 1. The molecule has 180 valence electrons. The maximum absolute atomic E-state index is 15.1. The van der Waals surface area contributed by atoms with Gasteiger partial charge in [-0.25, -0.2) is 23.7 Å². The number of nitrogen functional groups attached to an aromatic ring is 1. The largest absolute Gasteiger partial charge is 0.387 e. The van der Waals surface area contributed by atoms with E-state index in [2.05, 4.69) is 19.9 Å². The number of pyridine rings is 2. The van der Waals surface area contributed by atoms with Crippen LogP contribution >= 0.6 is 11.6 Å². The van der Waals surface area contributed by atoms with Gasteiger partial charge in [-0.1, -0.05) is 11.6 Å². The number of aromatic nitrogens is 4. The number of benzene rings is 2. The lowest BCUT2D eigenvalue weighted by molar-refractivity contribution is 0.631. The van der Waals surface area contributed by atoms with Crippen LogP contribution in [-0.4, -0.2) is 31.2 Å². The minimum Gasteiger partial charge on any atom is -0.387 e. The number of nitrogens with two attached hydrogens (primary N) is 2. The third kappa shape index (κ3) is 3.72. The first-order chi connectivity index (χ1) is 17.2. The molecule has 0 amide bonds. The van der Waals surface area contributed by atoms with Crippen molar-refractivity contribution in [2.75, 3.05) is 5.73 Å². The molecule has 11 heteroatoms. The zero-order valence-electron chi connectivity index (χ0n) is 19.1. The van der Waals surface area contributed by atoms with E-state index in [0.29, 0.717) is 38.7 Å². The molecule has 0 radical (unpaired) electrons. The highest BCUT2D eigenvalue weighted by molar-refractivity contribution is 6.35. The van der Waals surface area contributed by atoms with E-state index in [1.54, 1.807) is 36.6 Å². The SMILES string of the molecule is CC(N)=NC(=N)c1cc(-c2ccnc(N)c2F)cc2c1nc(C)n2-c1ccnc2c(Cl)ccc(F)c12. The second-order valence-corrected chi connectivity index (χ2v) is 8.54. The molecular weight excluding hydrogens is 486 g/mol. The van der Waals surface area contributed by atoms with E-state index in [1.165, 1.54) is 30.6 Å².